The molecule has 2 aromatic carbocycles. The fourth-order valence-electron chi connectivity index (χ4n) is 1.72. The number of benzene rings is 2. The van der Waals surface area contributed by atoms with Gasteiger partial charge in [-0.05, 0) is 69.7 Å². The van der Waals surface area contributed by atoms with Gasteiger partial charge < -0.3 is 0 Å². The second-order valence-electron chi connectivity index (χ2n) is 4.43. The maximum absolute atomic E-state index is 12.3. The van der Waals surface area contributed by atoms with Gasteiger partial charge >= 0.3 is 5.69 Å². The minimum Gasteiger partial charge on any atom is -0.273 e. The topological polar surface area (TPSA) is 89.3 Å². The zero-order valence-corrected chi connectivity index (χ0v) is 15.8. The predicted molar refractivity (Wildman–Crippen MR) is 95.5 cm³/mol. The smallest absolute Gasteiger partial charge is 0.273 e. The van der Waals surface area contributed by atoms with Crippen LogP contribution in [0, 0.1) is 20.6 Å². The first-order chi connectivity index (χ1) is 10.2. The van der Waals surface area contributed by atoms with Crippen molar-refractivity contribution in [1.82, 2.24) is 0 Å². The Hall–Kier alpha value is -1.20. The van der Waals surface area contributed by atoms with Gasteiger partial charge in [0, 0.05) is 4.47 Å². The van der Waals surface area contributed by atoms with E-state index in [1.165, 1.54) is 18.2 Å². The van der Waals surface area contributed by atoms with Gasteiger partial charge in [-0.25, -0.2) is 8.42 Å². The zero-order chi connectivity index (χ0) is 16.5. The van der Waals surface area contributed by atoms with Crippen molar-refractivity contribution in [2.24, 2.45) is 0 Å². The molecule has 6 nitrogen and oxygen atoms in total. The lowest BCUT2D eigenvalue weighted by Crippen LogP contribution is -2.14. The molecular formula is C13H10BrIN2O4S. The van der Waals surface area contributed by atoms with Crippen LogP contribution in [-0.4, -0.2) is 13.3 Å². The summed E-state index contributed by atoms with van der Waals surface area (Å²) in [7, 11) is -3.89. The van der Waals surface area contributed by atoms with Gasteiger partial charge in [-0.15, -0.1) is 0 Å². The molecule has 0 spiro atoms. The van der Waals surface area contributed by atoms with Gasteiger partial charge in [0.05, 0.1) is 9.82 Å². The van der Waals surface area contributed by atoms with Crippen LogP contribution in [0.2, 0.25) is 0 Å². The van der Waals surface area contributed by atoms with Gasteiger partial charge in [-0.1, -0.05) is 17.7 Å². The quantitative estimate of drug-likeness (QED) is 0.392. The predicted octanol–water partition coefficient (Wildman–Crippen LogP) is 4.07. The van der Waals surface area contributed by atoms with E-state index in [2.05, 4.69) is 20.7 Å². The summed E-state index contributed by atoms with van der Waals surface area (Å²) < 4.78 is 27.8. The van der Waals surface area contributed by atoms with Gasteiger partial charge in [0.15, 0.2) is 0 Å². The fraction of sp³-hybridized carbons (Fsp3) is 0.0769. The van der Waals surface area contributed by atoms with Crippen LogP contribution in [0.25, 0.3) is 0 Å². The van der Waals surface area contributed by atoms with Crippen molar-refractivity contribution in [2.75, 3.05) is 4.72 Å². The lowest BCUT2D eigenvalue weighted by Gasteiger charge is -2.10. The number of nitrogens with zero attached hydrogens (tertiary/aromatic N) is 1. The van der Waals surface area contributed by atoms with E-state index in [1.807, 2.05) is 6.92 Å². The van der Waals surface area contributed by atoms with Crippen LogP contribution in [-0.2, 0) is 10.0 Å². The van der Waals surface area contributed by atoms with Crippen LogP contribution >= 0.6 is 38.5 Å². The molecule has 116 valence electrons. The van der Waals surface area contributed by atoms with E-state index < -0.39 is 14.9 Å². The number of nitro benzene ring substituents is 1. The first-order valence-corrected chi connectivity index (χ1v) is 9.30. The molecule has 0 amide bonds. The standard InChI is InChI=1S/C13H10BrIN2O4S/c1-8-2-4-9(5-3-8)22(20,21)16-11-7-6-10(14)12(15)13(11)17(18)19/h2-7,16H,1H3. The van der Waals surface area contributed by atoms with Crippen molar-refractivity contribution >= 4 is 59.9 Å². The number of hydrogen-bond donors (Lipinski definition) is 1. The Bertz CT molecular complexity index is 838. The zero-order valence-electron chi connectivity index (χ0n) is 11.2. The van der Waals surface area contributed by atoms with Crippen molar-refractivity contribution in [1.29, 1.82) is 0 Å². The summed E-state index contributed by atoms with van der Waals surface area (Å²) in [4.78, 5) is 10.6. The summed E-state index contributed by atoms with van der Waals surface area (Å²) in [5, 5.41) is 11.2. The van der Waals surface area contributed by atoms with E-state index >= 15 is 0 Å². The summed E-state index contributed by atoms with van der Waals surface area (Å²) in [5.74, 6) is 0. The summed E-state index contributed by atoms with van der Waals surface area (Å²) in [6.07, 6.45) is 0. The van der Waals surface area contributed by atoms with E-state index in [9.17, 15) is 18.5 Å². The van der Waals surface area contributed by atoms with Crippen LogP contribution in [0.4, 0.5) is 11.4 Å². The Balaban J connectivity index is 2.48. The molecule has 0 saturated carbocycles. The lowest BCUT2D eigenvalue weighted by molar-refractivity contribution is -0.384. The molecule has 2 rings (SSSR count). The first kappa shape index (κ1) is 17.2. The molecule has 0 saturated heterocycles. The third kappa shape index (κ3) is 3.58. The van der Waals surface area contributed by atoms with Crippen molar-refractivity contribution in [3.63, 3.8) is 0 Å². The molecule has 0 fully saturated rings. The fourth-order valence-corrected chi connectivity index (χ4v) is 3.78. The molecule has 0 aromatic heterocycles. The Morgan fingerprint density at radius 2 is 1.77 bits per heavy atom. The highest BCUT2D eigenvalue weighted by Crippen LogP contribution is 2.36. The number of hydrogen-bond acceptors (Lipinski definition) is 4. The molecule has 0 bridgehead atoms. The summed E-state index contributed by atoms with van der Waals surface area (Å²) in [6.45, 7) is 1.84. The third-order valence-corrected chi connectivity index (χ3v) is 6.70. The first-order valence-electron chi connectivity index (χ1n) is 5.94. The van der Waals surface area contributed by atoms with E-state index in [0.717, 1.165) is 5.56 Å². The van der Waals surface area contributed by atoms with Gasteiger partial charge in [-0.3, -0.25) is 14.8 Å². The summed E-state index contributed by atoms with van der Waals surface area (Å²) in [5.41, 5.74) is 0.562. The average Bonchev–Trinajstić information content (AvgIpc) is 2.43. The normalized spacial score (nSPS) is 11.2. The Kier molecular flexibility index (Phi) is 5.07. The minimum absolute atomic E-state index is 0.0466. The van der Waals surface area contributed by atoms with Gasteiger partial charge in [0.1, 0.15) is 9.26 Å². The number of sulfonamides is 1. The van der Waals surface area contributed by atoms with Crippen molar-refractivity contribution in [3.05, 3.63) is 60.1 Å². The second-order valence-corrected chi connectivity index (χ2v) is 8.05. The molecule has 1 N–H and O–H groups in total. The SMILES string of the molecule is Cc1ccc(S(=O)(=O)Nc2ccc(Br)c(I)c2[N+](=O)[O-])cc1. The van der Waals surface area contributed by atoms with Crippen LogP contribution in [0.1, 0.15) is 5.56 Å². The number of halogens is 2. The van der Waals surface area contributed by atoms with Gasteiger partial charge in [0.25, 0.3) is 10.0 Å². The number of aryl methyl sites for hydroxylation is 1. The van der Waals surface area contributed by atoms with Gasteiger partial charge in [-0.2, -0.15) is 0 Å². The highest BCUT2D eigenvalue weighted by atomic mass is 127. The highest BCUT2D eigenvalue weighted by Gasteiger charge is 2.25. The van der Waals surface area contributed by atoms with E-state index in [4.69, 9.17) is 0 Å². The summed E-state index contributed by atoms with van der Waals surface area (Å²) in [6, 6.07) is 9.14. The van der Waals surface area contributed by atoms with Crippen molar-refractivity contribution in [3.8, 4) is 0 Å². The van der Waals surface area contributed by atoms with Crippen molar-refractivity contribution in [2.45, 2.75) is 11.8 Å². The minimum atomic E-state index is -3.89. The van der Waals surface area contributed by atoms with E-state index in [-0.39, 0.29) is 16.3 Å². The maximum atomic E-state index is 12.3. The number of nitro groups is 1. The number of anilines is 1. The van der Waals surface area contributed by atoms with Crippen LogP contribution in [0.15, 0.2) is 45.8 Å². The molecule has 0 radical (unpaired) electrons. The Morgan fingerprint density at radius 1 is 1.18 bits per heavy atom. The third-order valence-electron chi connectivity index (χ3n) is 2.83. The molecule has 0 aliphatic rings. The molecule has 0 unspecified atom stereocenters. The van der Waals surface area contributed by atoms with Crippen LogP contribution < -0.4 is 4.72 Å². The molecule has 2 aromatic rings. The molecular weight excluding hydrogens is 487 g/mol. The molecule has 9 heteroatoms. The largest absolute Gasteiger partial charge is 0.307 e. The monoisotopic (exact) mass is 496 g/mol. The maximum Gasteiger partial charge on any atom is 0.307 e. The summed E-state index contributed by atoms with van der Waals surface area (Å²) >= 11 is 4.98. The molecule has 0 aliphatic heterocycles. The van der Waals surface area contributed by atoms with Crippen LogP contribution in [0.3, 0.4) is 0 Å². The Morgan fingerprint density at radius 3 is 2.32 bits per heavy atom. The lowest BCUT2D eigenvalue weighted by atomic mass is 10.2. The molecule has 0 atom stereocenters. The highest BCUT2D eigenvalue weighted by molar-refractivity contribution is 14.1. The number of rotatable bonds is 4. The molecule has 0 aliphatic carbocycles. The van der Waals surface area contributed by atoms with E-state index in [0.29, 0.717) is 8.04 Å². The molecule has 0 heterocycles. The second kappa shape index (κ2) is 6.50. The Labute approximate surface area is 149 Å². The van der Waals surface area contributed by atoms with Crippen LogP contribution in [0.5, 0.6) is 0 Å². The van der Waals surface area contributed by atoms with E-state index in [1.54, 1.807) is 40.8 Å². The molecule has 22 heavy (non-hydrogen) atoms. The average molecular weight is 497 g/mol. The number of nitrogens with one attached hydrogen (secondary N) is 1. The van der Waals surface area contributed by atoms with Gasteiger partial charge in [0.2, 0.25) is 0 Å². The van der Waals surface area contributed by atoms with Crippen molar-refractivity contribution < 1.29 is 13.3 Å².